The molecule has 0 radical (unpaired) electrons. The summed E-state index contributed by atoms with van der Waals surface area (Å²) in [4.78, 5) is 14.4. The molecule has 1 heterocycles. The summed E-state index contributed by atoms with van der Waals surface area (Å²) in [6, 6.07) is 12.0. The molecule has 0 saturated carbocycles. The Labute approximate surface area is 121 Å². The van der Waals surface area contributed by atoms with E-state index < -0.39 is 5.92 Å². The van der Waals surface area contributed by atoms with Crippen LogP contribution in [-0.4, -0.2) is 23.9 Å². The molecule has 0 N–H and O–H groups in total. The Balaban J connectivity index is 2.00. The van der Waals surface area contributed by atoms with E-state index in [1.54, 1.807) is 0 Å². The monoisotopic (exact) mass is 270 g/mol. The van der Waals surface area contributed by atoms with Crippen molar-refractivity contribution in [2.24, 2.45) is 11.8 Å². The molecule has 1 aliphatic rings. The molecule has 3 nitrogen and oxygen atoms in total. The highest BCUT2D eigenvalue weighted by Gasteiger charge is 2.26. The third-order valence-electron chi connectivity index (χ3n) is 4.07. The first-order chi connectivity index (χ1) is 9.70. The van der Waals surface area contributed by atoms with Gasteiger partial charge in [-0.1, -0.05) is 37.3 Å². The van der Waals surface area contributed by atoms with Gasteiger partial charge in [0, 0.05) is 13.1 Å². The second-order valence-corrected chi connectivity index (χ2v) is 5.73. The fourth-order valence-corrected chi connectivity index (χ4v) is 2.74. The highest BCUT2D eigenvalue weighted by atomic mass is 16.2. The molecule has 0 bridgehead atoms. The van der Waals surface area contributed by atoms with Crippen molar-refractivity contribution in [1.82, 2.24) is 4.90 Å². The third-order valence-corrected chi connectivity index (χ3v) is 4.07. The van der Waals surface area contributed by atoms with Crippen LogP contribution in [0.3, 0.4) is 0 Å². The lowest BCUT2D eigenvalue weighted by Gasteiger charge is -2.23. The molecule has 106 valence electrons. The van der Waals surface area contributed by atoms with Crippen LogP contribution >= 0.6 is 0 Å². The zero-order valence-corrected chi connectivity index (χ0v) is 12.1. The van der Waals surface area contributed by atoms with Gasteiger partial charge in [0.15, 0.2) is 0 Å². The fourth-order valence-electron chi connectivity index (χ4n) is 2.74. The van der Waals surface area contributed by atoms with E-state index in [4.69, 9.17) is 0 Å². The topological polar surface area (TPSA) is 44.1 Å². The molecule has 1 aromatic carbocycles. The van der Waals surface area contributed by atoms with E-state index in [9.17, 15) is 10.1 Å². The quantitative estimate of drug-likeness (QED) is 0.847. The molecule has 1 fully saturated rings. The van der Waals surface area contributed by atoms with Gasteiger partial charge >= 0.3 is 0 Å². The summed E-state index contributed by atoms with van der Waals surface area (Å²) in [5, 5.41) is 9.31. The van der Waals surface area contributed by atoms with Crippen LogP contribution in [0, 0.1) is 23.2 Å². The Kier molecular flexibility index (Phi) is 5.17. The molecule has 2 atom stereocenters. The Morgan fingerprint density at radius 1 is 1.35 bits per heavy atom. The Morgan fingerprint density at radius 2 is 2.10 bits per heavy atom. The first-order valence-corrected chi connectivity index (χ1v) is 7.43. The molecule has 2 rings (SSSR count). The van der Waals surface area contributed by atoms with Crippen molar-refractivity contribution in [1.29, 1.82) is 5.26 Å². The van der Waals surface area contributed by atoms with Gasteiger partial charge in [0.2, 0.25) is 5.91 Å². The van der Waals surface area contributed by atoms with Crippen LogP contribution in [0.1, 0.15) is 31.7 Å². The van der Waals surface area contributed by atoms with Crippen molar-refractivity contribution >= 4 is 5.91 Å². The lowest BCUT2D eigenvalue weighted by molar-refractivity contribution is -0.133. The zero-order valence-electron chi connectivity index (χ0n) is 12.1. The van der Waals surface area contributed by atoms with Crippen LogP contribution in [0.15, 0.2) is 30.3 Å². The van der Waals surface area contributed by atoms with Crippen molar-refractivity contribution in [3.8, 4) is 6.07 Å². The van der Waals surface area contributed by atoms with Gasteiger partial charge in [-0.3, -0.25) is 4.79 Å². The van der Waals surface area contributed by atoms with E-state index in [0.29, 0.717) is 12.3 Å². The standard InChI is InChI=1S/C17H22N2O/c1-14-6-5-10-19(11-9-14)17(20)16(13-18)12-15-7-3-2-4-8-15/h2-4,7-8,14,16H,5-6,9-12H2,1H3. The van der Waals surface area contributed by atoms with Crippen LogP contribution in [0.4, 0.5) is 0 Å². The van der Waals surface area contributed by atoms with Gasteiger partial charge in [0.1, 0.15) is 5.92 Å². The molecule has 3 heteroatoms. The van der Waals surface area contributed by atoms with Crippen molar-refractivity contribution in [3.63, 3.8) is 0 Å². The summed E-state index contributed by atoms with van der Waals surface area (Å²) in [5.41, 5.74) is 1.05. The molecule has 0 aliphatic carbocycles. The largest absolute Gasteiger partial charge is 0.342 e. The molecule has 1 amide bonds. The number of carbonyl (C=O) groups is 1. The van der Waals surface area contributed by atoms with Gasteiger partial charge in [-0.05, 0) is 37.2 Å². The molecule has 20 heavy (non-hydrogen) atoms. The third kappa shape index (κ3) is 3.84. The number of likely N-dealkylation sites (tertiary alicyclic amines) is 1. The van der Waals surface area contributed by atoms with Gasteiger partial charge in [-0.2, -0.15) is 5.26 Å². The van der Waals surface area contributed by atoms with E-state index >= 15 is 0 Å². The average molecular weight is 270 g/mol. The van der Waals surface area contributed by atoms with Crippen LogP contribution in [0.25, 0.3) is 0 Å². The molecule has 0 spiro atoms. The van der Waals surface area contributed by atoms with Gasteiger partial charge in [0.25, 0.3) is 0 Å². The molecule has 2 unspecified atom stereocenters. The number of amides is 1. The number of carbonyl (C=O) groups excluding carboxylic acids is 1. The summed E-state index contributed by atoms with van der Waals surface area (Å²) in [7, 11) is 0. The highest BCUT2D eigenvalue weighted by Crippen LogP contribution is 2.19. The summed E-state index contributed by atoms with van der Waals surface area (Å²) in [6.07, 6.45) is 3.80. The summed E-state index contributed by atoms with van der Waals surface area (Å²) < 4.78 is 0. The number of rotatable bonds is 3. The maximum atomic E-state index is 12.5. The molecule has 1 aromatic rings. The van der Waals surface area contributed by atoms with Crippen LogP contribution in [-0.2, 0) is 11.2 Å². The predicted octanol–water partition coefficient (Wildman–Crippen LogP) is 3.02. The maximum absolute atomic E-state index is 12.5. The van der Waals surface area contributed by atoms with E-state index in [1.165, 1.54) is 6.42 Å². The minimum absolute atomic E-state index is 0.00505. The number of hydrogen-bond donors (Lipinski definition) is 0. The second-order valence-electron chi connectivity index (χ2n) is 5.73. The zero-order chi connectivity index (χ0) is 14.4. The minimum Gasteiger partial charge on any atom is -0.342 e. The lowest BCUT2D eigenvalue weighted by atomic mass is 9.99. The molecular weight excluding hydrogens is 248 g/mol. The van der Waals surface area contributed by atoms with Gasteiger partial charge in [-0.25, -0.2) is 0 Å². The lowest BCUT2D eigenvalue weighted by Crippen LogP contribution is -2.37. The maximum Gasteiger partial charge on any atom is 0.240 e. The molecule has 1 aliphatic heterocycles. The Hall–Kier alpha value is -1.82. The molecular formula is C17H22N2O. The predicted molar refractivity (Wildman–Crippen MR) is 78.8 cm³/mol. The Bertz CT molecular complexity index is 478. The molecule has 1 saturated heterocycles. The fraction of sp³-hybridized carbons (Fsp3) is 0.529. The van der Waals surface area contributed by atoms with Gasteiger partial charge in [0.05, 0.1) is 6.07 Å². The van der Waals surface area contributed by atoms with E-state index in [1.807, 2.05) is 35.2 Å². The van der Waals surface area contributed by atoms with Crippen molar-refractivity contribution in [3.05, 3.63) is 35.9 Å². The van der Waals surface area contributed by atoms with Crippen molar-refractivity contribution < 1.29 is 4.79 Å². The number of benzene rings is 1. The first kappa shape index (κ1) is 14.6. The first-order valence-electron chi connectivity index (χ1n) is 7.43. The van der Waals surface area contributed by atoms with Gasteiger partial charge < -0.3 is 4.90 Å². The normalized spacial score (nSPS) is 20.8. The number of hydrogen-bond acceptors (Lipinski definition) is 2. The summed E-state index contributed by atoms with van der Waals surface area (Å²) >= 11 is 0. The Morgan fingerprint density at radius 3 is 2.80 bits per heavy atom. The molecule has 0 aromatic heterocycles. The van der Waals surface area contributed by atoms with Crippen LogP contribution in [0.5, 0.6) is 0 Å². The summed E-state index contributed by atoms with van der Waals surface area (Å²) in [5.74, 6) is 0.138. The van der Waals surface area contributed by atoms with Crippen LogP contribution < -0.4 is 0 Å². The smallest absolute Gasteiger partial charge is 0.240 e. The number of nitriles is 1. The van der Waals surface area contributed by atoms with Crippen molar-refractivity contribution in [2.45, 2.75) is 32.6 Å². The highest BCUT2D eigenvalue weighted by molar-refractivity contribution is 5.81. The summed E-state index contributed by atoms with van der Waals surface area (Å²) in [6.45, 7) is 3.84. The second kappa shape index (κ2) is 7.09. The van der Waals surface area contributed by atoms with Crippen molar-refractivity contribution in [2.75, 3.05) is 13.1 Å². The SMILES string of the molecule is CC1CCCN(C(=O)C(C#N)Cc2ccccc2)CC1. The van der Waals surface area contributed by atoms with Crippen LogP contribution in [0.2, 0.25) is 0 Å². The number of nitrogens with zero attached hydrogens (tertiary/aromatic N) is 2. The average Bonchev–Trinajstić information content (AvgIpc) is 2.70. The van der Waals surface area contributed by atoms with E-state index in [2.05, 4.69) is 13.0 Å². The van der Waals surface area contributed by atoms with E-state index in [0.717, 1.165) is 31.5 Å². The van der Waals surface area contributed by atoms with Gasteiger partial charge in [-0.15, -0.1) is 0 Å². The van der Waals surface area contributed by atoms with E-state index in [-0.39, 0.29) is 5.91 Å². The minimum atomic E-state index is -0.550.